The highest BCUT2D eigenvalue weighted by molar-refractivity contribution is 6.06. The summed E-state index contributed by atoms with van der Waals surface area (Å²) < 4.78 is 27.8. The number of carbonyl (C=O) groups is 1. The lowest BCUT2D eigenvalue weighted by molar-refractivity contribution is 0.102. The molecular formula is C29H22FN3O3. The molecule has 7 heteroatoms. The minimum absolute atomic E-state index is 0.0333. The summed E-state index contributed by atoms with van der Waals surface area (Å²) in [6.45, 7) is 2.80. The zero-order valence-corrected chi connectivity index (χ0v) is 19.5. The lowest BCUT2D eigenvalue weighted by atomic mass is 10.0. The second-order valence-electron chi connectivity index (χ2n) is 8.73. The third-order valence-electron chi connectivity index (χ3n) is 6.36. The molecule has 5 aromatic rings. The van der Waals surface area contributed by atoms with E-state index in [4.69, 9.17) is 9.47 Å². The fourth-order valence-electron chi connectivity index (χ4n) is 4.45. The average Bonchev–Trinajstić information content (AvgIpc) is 3.57. The molecule has 0 fully saturated rings. The van der Waals surface area contributed by atoms with E-state index in [1.54, 1.807) is 18.2 Å². The van der Waals surface area contributed by atoms with Crippen LogP contribution in [0.25, 0.3) is 22.0 Å². The van der Waals surface area contributed by atoms with Crippen LogP contribution in [0.4, 0.5) is 10.1 Å². The molecule has 0 radical (unpaired) electrons. The Morgan fingerprint density at radius 1 is 1.00 bits per heavy atom. The standard InChI is InChI=1S/C29H22FN3O3/c1-18-25(8-5-22-12-19(15-31-28(18)22)16-33-10-2-3-11-33)32-29(34)23-7-4-20(13-24(23)30)21-6-9-26-27(14-21)36-17-35-26/h2-15H,16-17H2,1H3,(H,32,34). The molecule has 0 saturated heterocycles. The molecule has 1 amide bonds. The van der Waals surface area contributed by atoms with Gasteiger partial charge in [0.25, 0.3) is 5.91 Å². The van der Waals surface area contributed by atoms with Crippen molar-refractivity contribution in [2.24, 2.45) is 0 Å². The lowest BCUT2D eigenvalue weighted by Crippen LogP contribution is -2.14. The summed E-state index contributed by atoms with van der Waals surface area (Å²) in [5, 5.41) is 3.83. The van der Waals surface area contributed by atoms with E-state index in [0.29, 0.717) is 22.7 Å². The van der Waals surface area contributed by atoms with Gasteiger partial charge in [0.2, 0.25) is 6.79 Å². The van der Waals surface area contributed by atoms with Crippen molar-refractivity contribution in [1.82, 2.24) is 9.55 Å². The molecule has 6 nitrogen and oxygen atoms in total. The first-order valence-electron chi connectivity index (χ1n) is 11.5. The highest BCUT2D eigenvalue weighted by Crippen LogP contribution is 2.36. The molecular weight excluding hydrogens is 457 g/mol. The summed E-state index contributed by atoms with van der Waals surface area (Å²) in [5.74, 6) is 0.157. The van der Waals surface area contributed by atoms with Gasteiger partial charge in [-0.3, -0.25) is 9.78 Å². The number of hydrogen-bond donors (Lipinski definition) is 1. The highest BCUT2D eigenvalue weighted by atomic mass is 19.1. The number of carbonyl (C=O) groups excluding carboxylic acids is 1. The van der Waals surface area contributed by atoms with Gasteiger partial charge < -0.3 is 19.4 Å². The molecule has 3 aromatic carbocycles. The molecule has 0 unspecified atom stereocenters. The Morgan fingerprint density at radius 2 is 1.78 bits per heavy atom. The molecule has 1 N–H and O–H groups in total. The fourth-order valence-corrected chi connectivity index (χ4v) is 4.45. The second kappa shape index (κ2) is 8.85. The van der Waals surface area contributed by atoms with Crippen molar-refractivity contribution in [1.29, 1.82) is 0 Å². The Morgan fingerprint density at radius 3 is 2.61 bits per heavy atom. The van der Waals surface area contributed by atoms with Crippen LogP contribution in [0.15, 0.2) is 85.3 Å². The third kappa shape index (κ3) is 4.05. The van der Waals surface area contributed by atoms with E-state index < -0.39 is 11.7 Å². The van der Waals surface area contributed by atoms with Crippen LogP contribution in [-0.2, 0) is 6.54 Å². The van der Waals surface area contributed by atoms with Gasteiger partial charge in [-0.05, 0) is 77.7 Å². The van der Waals surface area contributed by atoms with Crippen molar-refractivity contribution < 1.29 is 18.7 Å². The molecule has 1 aliphatic rings. The maximum absolute atomic E-state index is 15.0. The number of anilines is 1. The van der Waals surface area contributed by atoms with Gasteiger partial charge in [0.05, 0.1) is 11.1 Å². The molecule has 36 heavy (non-hydrogen) atoms. The molecule has 0 saturated carbocycles. The Labute approximate surface area is 206 Å². The van der Waals surface area contributed by atoms with Gasteiger partial charge in [0.1, 0.15) is 5.82 Å². The number of ether oxygens (including phenoxy) is 2. The number of pyridine rings is 1. The average molecular weight is 480 g/mol. The van der Waals surface area contributed by atoms with Gasteiger partial charge in [-0.1, -0.05) is 18.2 Å². The number of benzene rings is 3. The molecule has 0 atom stereocenters. The Balaban J connectivity index is 1.22. The first-order chi connectivity index (χ1) is 17.5. The Bertz CT molecular complexity index is 1610. The van der Waals surface area contributed by atoms with Crippen molar-refractivity contribution >= 4 is 22.5 Å². The number of nitrogens with zero attached hydrogens (tertiary/aromatic N) is 2. The zero-order chi connectivity index (χ0) is 24.6. The summed E-state index contributed by atoms with van der Waals surface area (Å²) in [5.41, 5.74) is 4.68. The Kier molecular flexibility index (Phi) is 5.37. The van der Waals surface area contributed by atoms with Gasteiger partial charge in [-0.15, -0.1) is 0 Å². The van der Waals surface area contributed by atoms with Crippen molar-refractivity contribution in [2.45, 2.75) is 13.5 Å². The number of hydrogen-bond acceptors (Lipinski definition) is 4. The van der Waals surface area contributed by atoms with Crippen LogP contribution < -0.4 is 14.8 Å². The van der Waals surface area contributed by atoms with Crippen LogP contribution in [-0.4, -0.2) is 22.3 Å². The van der Waals surface area contributed by atoms with Crippen molar-refractivity contribution in [2.75, 3.05) is 12.1 Å². The lowest BCUT2D eigenvalue weighted by Gasteiger charge is -2.13. The van der Waals surface area contributed by atoms with Crippen LogP contribution in [0.1, 0.15) is 21.5 Å². The monoisotopic (exact) mass is 479 g/mol. The summed E-state index contributed by atoms with van der Waals surface area (Å²) in [6, 6.07) is 19.8. The van der Waals surface area contributed by atoms with Gasteiger partial charge >= 0.3 is 0 Å². The molecule has 6 rings (SSSR count). The quantitative estimate of drug-likeness (QED) is 0.327. The number of rotatable bonds is 5. The fraction of sp³-hybridized carbons (Fsp3) is 0.103. The number of amides is 1. The molecule has 1 aliphatic heterocycles. The summed E-state index contributed by atoms with van der Waals surface area (Å²) >= 11 is 0. The van der Waals surface area contributed by atoms with Crippen molar-refractivity contribution in [3.05, 3.63) is 108 Å². The number of aryl methyl sites for hydroxylation is 1. The number of halogens is 1. The van der Waals surface area contributed by atoms with E-state index in [2.05, 4.69) is 20.9 Å². The molecule has 178 valence electrons. The molecule has 2 aromatic heterocycles. The number of aromatic nitrogens is 2. The minimum atomic E-state index is -0.603. The van der Waals surface area contributed by atoms with E-state index >= 15 is 0 Å². The van der Waals surface area contributed by atoms with Crippen LogP contribution in [0, 0.1) is 12.7 Å². The topological polar surface area (TPSA) is 65.4 Å². The van der Waals surface area contributed by atoms with Gasteiger partial charge in [0.15, 0.2) is 11.5 Å². The van der Waals surface area contributed by atoms with E-state index in [9.17, 15) is 9.18 Å². The van der Waals surface area contributed by atoms with Gasteiger partial charge in [0, 0.05) is 36.2 Å². The van der Waals surface area contributed by atoms with Crippen LogP contribution in [0.2, 0.25) is 0 Å². The summed E-state index contributed by atoms with van der Waals surface area (Å²) in [4.78, 5) is 17.6. The first-order valence-corrected chi connectivity index (χ1v) is 11.5. The molecule has 0 aliphatic carbocycles. The highest BCUT2D eigenvalue weighted by Gasteiger charge is 2.17. The third-order valence-corrected chi connectivity index (χ3v) is 6.36. The van der Waals surface area contributed by atoms with E-state index in [1.807, 2.05) is 55.8 Å². The van der Waals surface area contributed by atoms with Gasteiger partial charge in [-0.2, -0.15) is 0 Å². The molecule has 0 bridgehead atoms. The normalized spacial score (nSPS) is 12.2. The van der Waals surface area contributed by atoms with Crippen LogP contribution >= 0.6 is 0 Å². The molecule has 3 heterocycles. The summed E-state index contributed by atoms with van der Waals surface area (Å²) in [6.07, 6.45) is 5.86. The second-order valence-corrected chi connectivity index (χ2v) is 8.73. The predicted octanol–water partition coefficient (Wildman–Crippen LogP) is 6.18. The van der Waals surface area contributed by atoms with Crippen molar-refractivity contribution in [3.8, 4) is 22.6 Å². The largest absolute Gasteiger partial charge is 0.454 e. The smallest absolute Gasteiger partial charge is 0.258 e. The van der Waals surface area contributed by atoms with E-state index in [0.717, 1.165) is 34.1 Å². The van der Waals surface area contributed by atoms with Crippen molar-refractivity contribution in [3.63, 3.8) is 0 Å². The van der Waals surface area contributed by atoms with Crippen LogP contribution in [0.5, 0.6) is 11.5 Å². The number of nitrogens with one attached hydrogen (secondary N) is 1. The SMILES string of the molecule is Cc1c(NC(=O)c2ccc(-c3ccc4c(c3)OCO4)cc2F)ccc2cc(Cn3cccc3)cnc12. The van der Waals surface area contributed by atoms with Gasteiger partial charge in [-0.25, -0.2) is 4.39 Å². The first kappa shape index (κ1) is 21.9. The summed E-state index contributed by atoms with van der Waals surface area (Å²) in [7, 11) is 0. The number of fused-ring (bicyclic) bond motifs is 2. The maximum atomic E-state index is 15.0. The predicted molar refractivity (Wildman–Crippen MR) is 136 cm³/mol. The molecule has 0 spiro atoms. The zero-order valence-electron chi connectivity index (χ0n) is 19.5. The Hall–Kier alpha value is -4.65. The van der Waals surface area contributed by atoms with E-state index in [1.165, 1.54) is 12.1 Å². The maximum Gasteiger partial charge on any atom is 0.258 e. The minimum Gasteiger partial charge on any atom is -0.454 e. The van der Waals surface area contributed by atoms with Crippen LogP contribution in [0.3, 0.4) is 0 Å². The van der Waals surface area contributed by atoms with E-state index in [-0.39, 0.29) is 12.4 Å².